The molecule has 0 bridgehead atoms. The summed E-state index contributed by atoms with van der Waals surface area (Å²) in [7, 11) is 1.84. The van der Waals surface area contributed by atoms with E-state index in [1.165, 1.54) is 0 Å². The van der Waals surface area contributed by atoms with Crippen molar-refractivity contribution in [2.24, 2.45) is 13.0 Å². The second-order valence-electron chi connectivity index (χ2n) is 5.66. The Morgan fingerprint density at radius 1 is 1.45 bits per heavy atom. The van der Waals surface area contributed by atoms with E-state index in [2.05, 4.69) is 5.10 Å². The molecule has 1 aromatic rings. The summed E-state index contributed by atoms with van der Waals surface area (Å²) in [5, 5.41) is 5.02. The molecule has 1 aromatic heterocycles. The fraction of sp³-hybridized carbons (Fsp3) is 0.714. The number of carbonyl (C=O) groups excluding carboxylic acids is 1. The summed E-state index contributed by atoms with van der Waals surface area (Å²) in [6.45, 7) is 4.02. The van der Waals surface area contributed by atoms with Crippen LogP contribution in [0, 0.1) is 12.8 Å². The maximum absolute atomic E-state index is 12.6. The van der Waals surface area contributed by atoms with Crippen molar-refractivity contribution in [3.05, 3.63) is 16.4 Å². The van der Waals surface area contributed by atoms with Crippen LogP contribution in [0.25, 0.3) is 0 Å². The number of halogens is 1. The maximum Gasteiger partial charge on any atom is 0.228 e. The summed E-state index contributed by atoms with van der Waals surface area (Å²) in [5.74, 6) is 0.232. The standard InChI is InChI=1S/C14H20ClN3O2/c1-9-12(13(15)17(2)16-9)11-4-3-6-18(11)14(19)10-5-7-20-8-10/h10-11H,3-8H2,1-2H3/t10-,11+/m1/s1. The Morgan fingerprint density at radius 3 is 2.85 bits per heavy atom. The van der Waals surface area contributed by atoms with Crippen LogP contribution >= 0.6 is 11.6 Å². The molecule has 0 spiro atoms. The number of hydrogen-bond acceptors (Lipinski definition) is 3. The number of ether oxygens (including phenoxy) is 1. The van der Waals surface area contributed by atoms with Gasteiger partial charge in [-0.1, -0.05) is 11.6 Å². The maximum atomic E-state index is 12.6. The Kier molecular flexibility index (Phi) is 3.73. The van der Waals surface area contributed by atoms with Gasteiger partial charge in [0.1, 0.15) is 5.15 Å². The van der Waals surface area contributed by atoms with Crippen molar-refractivity contribution in [3.63, 3.8) is 0 Å². The summed E-state index contributed by atoms with van der Waals surface area (Å²) in [4.78, 5) is 14.6. The van der Waals surface area contributed by atoms with Gasteiger partial charge in [-0.2, -0.15) is 5.10 Å². The zero-order valence-corrected chi connectivity index (χ0v) is 12.7. The number of amides is 1. The smallest absolute Gasteiger partial charge is 0.228 e. The molecule has 0 aliphatic carbocycles. The lowest BCUT2D eigenvalue weighted by Gasteiger charge is -2.27. The van der Waals surface area contributed by atoms with Gasteiger partial charge in [0.2, 0.25) is 5.91 Å². The van der Waals surface area contributed by atoms with Crippen LogP contribution in [0.5, 0.6) is 0 Å². The molecule has 0 radical (unpaired) electrons. The molecule has 2 atom stereocenters. The van der Waals surface area contributed by atoms with Crippen molar-refractivity contribution in [1.82, 2.24) is 14.7 Å². The van der Waals surface area contributed by atoms with Crippen molar-refractivity contribution in [3.8, 4) is 0 Å². The third-order valence-electron chi connectivity index (χ3n) is 4.34. The van der Waals surface area contributed by atoms with Gasteiger partial charge < -0.3 is 9.64 Å². The summed E-state index contributed by atoms with van der Waals surface area (Å²) in [6.07, 6.45) is 2.82. The molecule has 3 rings (SSSR count). The molecule has 0 N–H and O–H groups in total. The number of carbonyl (C=O) groups is 1. The number of likely N-dealkylation sites (tertiary alicyclic amines) is 1. The fourth-order valence-corrected chi connectivity index (χ4v) is 3.62. The third-order valence-corrected chi connectivity index (χ3v) is 4.79. The highest BCUT2D eigenvalue weighted by atomic mass is 35.5. The zero-order chi connectivity index (χ0) is 14.3. The van der Waals surface area contributed by atoms with Crippen molar-refractivity contribution >= 4 is 17.5 Å². The highest BCUT2D eigenvalue weighted by Crippen LogP contribution is 2.38. The molecular weight excluding hydrogens is 278 g/mol. The first-order valence-corrected chi connectivity index (χ1v) is 7.54. The summed E-state index contributed by atoms with van der Waals surface area (Å²) >= 11 is 6.36. The van der Waals surface area contributed by atoms with E-state index in [0.717, 1.165) is 37.1 Å². The predicted octanol–water partition coefficient (Wildman–Crippen LogP) is 2.08. The molecule has 3 heterocycles. The normalized spacial score (nSPS) is 26.4. The van der Waals surface area contributed by atoms with E-state index in [1.807, 2.05) is 18.9 Å². The minimum absolute atomic E-state index is 0.0198. The quantitative estimate of drug-likeness (QED) is 0.840. The van der Waals surface area contributed by atoms with Gasteiger partial charge in [0.25, 0.3) is 0 Å². The molecular formula is C14H20ClN3O2. The van der Waals surface area contributed by atoms with Gasteiger partial charge in [-0.3, -0.25) is 9.48 Å². The molecule has 2 saturated heterocycles. The summed E-state index contributed by atoms with van der Waals surface area (Å²) in [5.41, 5.74) is 1.93. The molecule has 0 aromatic carbocycles. The topological polar surface area (TPSA) is 47.4 Å². The van der Waals surface area contributed by atoms with Crippen LogP contribution in [0.3, 0.4) is 0 Å². The van der Waals surface area contributed by atoms with Crippen LogP contribution in [0.2, 0.25) is 5.15 Å². The van der Waals surface area contributed by atoms with E-state index in [0.29, 0.717) is 18.4 Å². The first kappa shape index (κ1) is 13.9. The average Bonchev–Trinajstić information content (AvgIpc) is 3.12. The van der Waals surface area contributed by atoms with Crippen LogP contribution in [0.15, 0.2) is 0 Å². The summed E-state index contributed by atoms with van der Waals surface area (Å²) in [6, 6.07) is 0.0734. The number of aromatic nitrogens is 2. The Balaban J connectivity index is 1.86. The number of rotatable bonds is 2. The molecule has 20 heavy (non-hydrogen) atoms. The lowest BCUT2D eigenvalue weighted by atomic mass is 10.0. The first-order valence-electron chi connectivity index (χ1n) is 7.17. The van der Waals surface area contributed by atoms with Gasteiger partial charge in [0.05, 0.1) is 24.3 Å². The van der Waals surface area contributed by atoms with E-state index in [1.54, 1.807) is 4.68 Å². The summed E-state index contributed by atoms with van der Waals surface area (Å²) < 4.78 is 7.03. The molecule has 0 saturated carbocycles. The monoisotopic (exact) mass is 297 g/mol. The molecule has 2 aliphatic rings. The second kappa shape index (κ2) is 5.37. The van der Waals surface area contributed by atoms with Crippen LogP contribution in [-0.4, -0.2) is 40.3 Å². The highest BCUT2D eigenvalue weighted by molar-refractivity contribution is 6.30. The minimum atomic E-state index is 0.0198. The number of aryl methyl sites for hydroxylation is 2. The van der Waals surface area contributed by atoms with Gasteiger partial charge in [0.15, 0.2) is 0 Å². The molecule has 1 amide bonds. The van der Waals surface area contributed by atoms with Crippen LogP contribution < -0.4 is 0 Å². The molecule has 0 unspecified atom stereocenters. The Labute approximate surface area is 123 Å². The molecule has 110 valence electrons. The lowest BCUT2D eigenvalue weighted by Crippen LogP contribution is -2.36. The van der Waals surface area contributed by atoms with Gasteiger partial charge >= 0.3 is 0 Å². The van der Waals surface area contributed by atoms with Crippen LogP contribution in [-0.2, 0) is 16.6 Å². The van der Waals surface area contributed by atoms with Crippen LogP contribution in [0.4, 0.5) is 0 Å². The Bertz CT molecular complexity index is 523. The van der Waals surface area contributed by atoms with E-state index >= 15 is 0 Å². The van der Waals surface area contributed by atoms with Crippen molar-refractivity contribution in [2.45, 2.75) is 32.2 Å². The van der Waals surface area contributed by atoms with E-state index in [9.17, 15) is 4.79 Å². The highest BCUT2D eigenvalue weighted by Gasteiger charge is 2.37. The fourth-order valence-electron chi connectivity index (χ4n) is 3.32. The van der Waals surface area contributed by atoms with E-state index < -0.39 is 0 Å². The second-order valence-corrected chi connectivity index (χ2v) is 6.02. The van der Waals surface area contributed by atoms with Gasteiger partial charge in [-0.25, -0.2) is 0 Å². The minimum Gasteiger partial charge on any atom is -0.381 e. The molecule has 2 aliphatic heterocycles. The molecule has 6 heteroatoms. The molecule has 2 fully saturated rings. The lowest BCUT2D eigenvalue weighted by molar-refractivity contribution is -0.136. The van der Waals surface area contributed by atoms with Gasteiger partial charge in [-0.15, -0.1) is 0 Å². The van der Waals surface area contributed by atoms with Gasteiger partial charge in [0, 0.05) is 25.8 Å². The van der Waals surface area contributed by atoms with E-state index in [4.69, 9.17) is 16.3 Å². The van der Waals surface area contributed by atoms with Crippen molar-refractivity contribution in [1.29, 1.82) is 0 Å². The third kappa shape index (κ3) is 2.23. The average molecular weight is 298 g/mol. The van der Waals surface area contributed by atoms with Crippen LogP contribution in [0.1, 0.15) is 36.6 Å². The largest absolute Gasteiger partial charge is 0.381 e. The SMILES string of the molecule is Cc1nn(C)c(Cl)c1[C@@H]1CCCN1C(=O)[C@@H]1CCOC1. The first-order chi connectivity index (χ1) is 9.59. The van der Waals surface area contributed by atoms with E-state index in [-0.39, 0.29) is 17.9 Å². The molecule has 5 nitrogen and oxygen atoms in total. The number of hydrogen-bond donors (Lipinski definition) is 0. The van der Waals surface area contributed by atoms with Gasteiger partial charge in [-0.05, 0) is 26.2 Å². The number of nitrogens with zero attached hydrogens (tertiary/aromatic N) is 3. The Hall–Kier alpha value is -1.07. The zero-order valence-electron chi connectivity index (χ0n) is 11.9. The van der Waals surface area contributed by atoms with Crippen molar-refractivity contribution in [2.75, 3.05) is 19.8 Å². The van der Waals surface area contributed by atoms with Crippen molar-refractivity contribution < 1.29 is 9.53 Å². The predicted molar refractivity (Wildman–Crippen MR) is 75.6 cm³/mol. The Morgan fingerprint density at radius 2 is 2.25 bits per heavy atom.